The molecule has 1 aliphatic carbocycles. The molecule has 1 fully saturated rings. The molecule has 2 aliphatic rings. The highest BCUT2D eigenvalue weighted by atomic mass is 16.6. The average Bonchev–Trinajstić information content (AvgIpc) is 3.22. The second kappa shape index (κ2) is 9.70. The Bertz CT molecular complexity index is 1260. The normalized spacial score (nSPS) is 14.8. The molecule has 1 aliphatic heterocycles. The zero-order valence-electron chi connectivity index (χ0n) is 19.7. The van der Waals surface area contributed by atoms with Crippen molar-refractivity contribution in [2.45, 2.75) is 19.4 Å². The van der Waals surface area contributed by atoms with E-state index in [-0.39, 0.29) is 12.0 Å². The fourth-order valence-corrected chi connectivity index (χ4v) is 5.21. The summed E-state index contributed by atoms with van der Waals surface area (Å²) < 4.78 is 5.83. The van der Waals surface area contributed by atoms with Crippen LogP contribution in [0.2, 0.25) is 0 Å². The van der Waals surface area contributed by atoms with Crippen LogP contribution in [-0.4, -0.2) is 43.8 Å². The number of nitrogens with two attached hydrogens (primary N) is 1. The Hall–Kier alpha value is -4.00. The quantitative estimate of drug-likeness (QED) is 0.304. The number of fused-ring (bicyclic) bond motifs is 3. The van der Waals surface area contributed by atoms with Crippen molar-refractivity contribution in [1.29, 1.82) is 0 Å². The van der Waals surface area contributed by atoms with Crippen LogP contribution in [0.5, 0.6) is 0 Å². The lowest BCUT2D eigenvalue weighted by Crippen LogP contribution is -2.49. The number of hydrogen-bond acceptors (Lipinski definition) is 5. The number of azide groups is 1. The lowest BCUT2D eigenvalue weighted by Gasteiger charge is -2.36. The minimum Gasteiger partial charge on any atom is -0.448 e. The first kappa shape index (κ1) is 22.8. The van der Waals surface area contributed by atoms with Gasteiger partial charge in [-0.3, -0.25) is 0 Å². The van der Waals surface area contributed by atoms with Gasteiger partial charge in [-0.15, -0.1) is 0 Å². The van der Waals surface area contributed by atoms with E-state index in [0.717, 1.165) is 16.8 Å². The third-order valence-electron chi connectivity index (χ3n) is 7.07. The maximum absolute atomic E-state index is 12.9. The molecule has 8 heteroatoms. The predicted octanol–water partition coefficient (Wildman–Crippen LogP) is 5.47. The van der Waals surface area contributed by atoms with Gasteiger partial charge in [0.25, 0.3) is 0 Å². The van der Waals surface area contributed by atoms with E-state index >= 15 is 0 Å². The third-order valence-corrected chi connectivity index (χ3v) is 7.07. The lowest BCUT2D eigenvalue weighted by atomic mass is 9.98. The Morgan fingerprint density at radius 1 is 1.06 bits per heavy atom. The molecule has 1 saturated heterocycles. The fourth-order valence-electron chi connectivity index (χ4n) is 5.21. The summed E-state index contributed by atoms with van der Waals surface area (Å²) in [5, 5.41) is 3.76. The van der Waals surface area contributed by atoms with Crippen molar-refractivity contribution in [2.75, 3.05) is 37.7 Å². The number of benzene rings is 3. The Morgan fingerprint density at radius 3 is 2.29 bits per heavy atom. The van der Waals surface area contributed by atoms with E-state index in [4.69, 9.17) is 16.0 Å². The molecule has 5 rings (SSSR count). The van der Waals surface area contributed by atoms with Crippen LogP contribution in [0.15, 0.2) is 65.8 Å². The van der Waals surface area contributed by atoms with Crippen LogP contribution in [0.25, 0.3) is 21.6 Å². The first-order chi connectivity index (χ1) is 17.1. The van der Waals surface area contributed by atoms with Gasteiger partial charge in [-0.1, -0.05) is 53.6 Å². The fraction of sp³-hybridized carbons (Fsp3) is 0.296. The highest BCUT2D eigenvalue weighted by molar-refractivity contribution is 5.79. The molecule has 3 aromatic rings. The number of ether oxygens (including phenoxy) is 1. The van der Waals surface area contributed by atoms with Gasteiger partial charge in [0.15, 0.2) is 0 Å². The van der Waals surface area contributed by atoms with Crippen LogP contribution in [-0.2, 0) is 11.3 Å². The van der Waals surface area contributed by atoms with Crippen LogP contribution >= 0.6 is 0 Å². The molecule has 2 N–H and O–H groups in total. The van der Waals surface area contributed by atoms with Crippen molar-refractivity contribution >= 4 is 17.5 Å². The molecule has 0 aromatic heterocycles. The second-order valence-corrected chi connectivity index (χ2v) is 8.92. The van der Waals surface area contributed by atoms with E-state index in [0.29, 0.717) is 45.0 Å². The monoisotopic (exact) mass is 468 g/mol. The summed E-state index contributed by atoms with van der Waals surface area (Å²) >= 11 is 0. The minimum absolute atomic E-state index is 0.0494. The summed E-state index contributed by atoms with van der Waals surface area (Å²) in [5.41, 5.74) is 23.1. The highest BCUT2D eigenvalue weighted by Gasteiger charge is 2.30. The van der Waals surface area contributed by atoms with Gasteiger partial charge in [0.05, 0.1) is 0 Å². The van der Waals surface area contributed by atoms with Gasteiger partial charge in [0.2, 0.25) is 0 Å². The number of carbonyl (C=O) groups excluding carboxylic acids is 1. The molecule has 0 atom stereocenters. The first-order valence-electron chi connectivity index (χ1n) is 11.8. The molecule has 8 nitrogen and oxygen atoms in total. The van der Waals surface area contributed by atoms with Crippen LogP contribution < -0.4 is 10.6 Å². The first-order valence-corrected chi connectivity index (χ1v) is 11.8. The summed E-state index contributed by atoms with van der Waals surface area (Å²) in [6.45, 7) is 5.14. The maximum atomic E-state index is 12.9. The SMILES string of the molecule is Cc1c(CN)cc(N=[N+]=[N-])cc1N1CCN(C(=O)OCC2c3ccccc3-c3ccccc32)CC1. The second-order valence-electron chi connectivity index (χ2n) is 8.92. The molecule has 1 heterocycles. The van der Waals surface area contributed by atoms with Gasteiger partial charge in [-0.2, -0.15) is 0 Å². The molecular formula is C27H28N6O2. The molecule has 1 amide bonds. The molecule has 0 spiro atoms. The topological polar surface area (TPSA) is 108 Å². The van der Waals surface area contributed by atoms with Crippen LogP contribution in [0.4, 0.5) is 16.2 Å². The van der Waals surface area contributed by atoms with Crippen LogP contribution in [0.1, 0.15) is 28.2 Å². The van der Waals surface area contributed by atoms with E-state index in [1.807, 2.05) is 43.3 Å². The Balaban J connectivity index is 1.24. The van der Waals surface area contributed by atoms with E-state index in [9.17, 15) is 4.79 Å². The highest BCUT2D eigenvalue weighted by Crippen LogP contribution is 2.44. The number of carbonyl (C=O) groups is 1. The summed E-state index contributed by atoms with van der Waals surface area (Å²) in [7, 11) is 0. The number of piperazine rings is 1. The zero-order valence-corrected chi connectivity index (χ0v) is 19.7. The zero-order chi connectivity index (χ0) is 24.4. The third kappa shape index (κ3) is 4.30. The Kier molecular flexibility index (Phi) is 6.31. The van der Waals surface area contributed by atoms with Gasteiger partial charge in [0.1, 0.15) is 6.61 Å². The smallest absolute Gasteiger partial charge is 0.409 e. The largest absolute Gasteiger partial charge is 0.448 e. The molecule has 0 unspecified atom stereocenters. The predicted molar refractivity (Wildman–Crippen MR) is 137 cm³/mol. The van der Waals surface area contributed by atoms with E-state index < -0.39 is 0 Å². The van der Waals surface area contributed by atoms with Crippen LogP contribution in [0, 0.1) is 6.92 Å². The molecule has 0 bridgehead atoms. The summed E-state index contributed by atoms with van der Waals surface area (Å²) in [6, 6.07) is 20.4. The lowest BCUT2D eigenvalue weighted by molar-refractivity contribution is 0.0977. The van der Waals surface area contributed by atoms with Crippen molar-refractivity contribution < 1.29 is 9.53 Å². The van der Waals surface area contributed by atoms with E-state index in [1.54, 1.807) is 4.90 Å². The molecule has 0 radical (unpaired) electrons. The molecule has 35 heavy (non-hydrogen) atoms. The molecular weight excluding hydrogens is 440 g/mol. The van der Waals surface area contributed by atoms with E-state index in [2.05, 4.69) is 39.2 Å². The minimum atomic E-state index is -0.284. The van der Waals surface area contributed by atoms with Crippen molar-refractivity contribution in [3.8, 4) is 11.1 Å². The number of anilines is 1. The summed E-state index contributed by atoms with van der Waals surface area (Å²) in [4.78, 5) is 19.8. The van der Waals surface area contributed by atoms with Crippen molar-refractivity contribution in [3.63, 3.8) is 0 Å². The van der Waals surface area contributed by atoms with Gasteiger partial charge < -0.3 is 20.3 Å². The molecule has 178 valence electrons. The number of hydrogen-bond donors (Lipinski definition) is 1. The maximum Gasteiger partial charge on any atom is 0.409 e. The molecule has 3 aromatic carbocycles. The van der Waals surface area contributed by atoms with Gasteiger partial charge in [0, 0.05) is 54.9 Å². The van der Waals surface area contributed by atoms with Crippen molar-refractivity contribution in [3.05, 3.63) is 93.4 Å². The Labute approximate surface area is 204 Å². The van der Waals surface area contributed by atoms with Gasteiger partial charge in [-0.05, 0) is 58.0 Å². The number of nitrogens with zero attached hydrogens (tertiary/aromatic N) is 5. The van der Waals surface area contributed by atoms with Crippen LogP contribution in [0.3, 0.4) is 0 Å². The summed E-state index contributed by atoms with van der Waals surface area (Å²) in [6.07, 6.45) is -0.284. The van der Waals surface area contributed by atoms with Crippen molar-refractivity contribution in [1.82, 2.24) is 4.90 Å². The Morgan fingerprint density at radius 2 is 1.69 bits per heavy atom. The standard InChI is InChI=1S/C27H28N6O2/c1-18-19(16-28)14-20(30-31-29)15-26(18)32-10-12-33(13-11-32)27(34)35-17-25-23-8-4-2-6-21(23)22-7-3-5-9-24(22)25/h2-9,14-15,25H,10-13,16-17,28H2,1H3. The average molecular weight is 469 g/mol. The van der Waals surface area contributed by atoms with Gasteiger partial charge in [-0.25, -0.2) is 4.79 Å². The van der Waals surface area contributed by atoms with E-state index in [1.165, 1.54) is 22.3 Å². The van der Waals surface area contributed by atoms with Crippen molar-refractivity contribution in [2.24, 2.45) is 10.8 Å². The number of amides is 1. The van der Waals surface area contributed by atoms with Gasteiger partial charge >= 0.3 is 6.09 Å². The number of rotatable bonds is 5. The molecule has 0 saturated carbocycles. The summed E-state index contributed by atoms with van der Waals surface area (Å²) in [5.74, 6) is 0.0494.